The third-order valence-corrected chi connectivity index (χ3v) is 4.94. The van der Waals surface area contributed by atoms with Crippen molar-refractivity contribution in [1.29, 1.82) is 0 Å². The Balaban J connectivity index is 1.74. The Morgan fingerprint density at radius 2 is 1.91 bits per heavy atom. The quantitative estimate of drug-likeness (QED) is 0.365. The van der Waals surface area contributed by atoms with Crippen LogP contribution in [0.3, 0.4) is 0 Å². The molecule has 2 aromatic heterocycles. The van der Waals surface area contributed by atoms with Gasteiger partial charge in [-0.25, -0.2) is 4.79 Å². The van der Waals surface area contributed by atoms with Crippen LogP contribution in [0.5, 0.6) is 0 Å². The molecule has 10 nitrogen and oxygen atoms in total. The van der Waals surface area contributed by atoms with Gasteiger partial charge in [-0.3, -0.25) is 24.3 Å². The summed E-state index contributed by atoms with van der Waals surface area (Å²) in [6.45, 7) is 0.0525. The molecule has 0 radical (unpaired) electrons. The van der Waals surface area contributed by atoms with Crippen molar-refractivity contribution in [2.75, 3.05) is 5.32 Å². The zero-order valence-electron chi connectivity index (χ0n) is 16.7. The van der Waals surface area contributed by atoms with E-state index in [1.165, 1.54) is 16.8 Å². The van der Waals surface area contributed by atoms with Gasteiger partial charge in [-0.05, 0) is 17.7 Å². The van der Waals surface area contributed by atoms with Crippen molar-refractivity contribution in [2.24, 2.45) is 7.05 Å². The van der Waals surface area contributed by atoms with E-state index in [1.54, 1.807) is 31.3 Å². The Morgan fingerprint density at radius 3 is 2.59 bits per heavy atom. The molecule has 32 heavy (non-hydrogen) atoms. The number of carbonyl (C=O) groups is 1. The number of rotatable bonds is 5. The number of nitrogens with zero attached hydrogens (tertiary/aromatic N) is 3. The number of halogens is 1. The first-order valence-electron chi connectivity index (χ1n) is 9.37. The van der Waals surface area contributed by atoms with Gasteiger partial charge in [0.1, 0.15) is 5.52 Å². The molecule has 2 aromatic carbocycles. The van der Waals surface area contributed by atoms with Gasteiger partial charge in [0.25, 0.3) is 11.5 Å². The van der Waals surface area contributed by atoms with Crippen LogP contribution in [0.1, 0.15) is 15.9 Å². The van der Waals surface area contributed by atoms with Gasteiger partial charge in [-0.15, -0.1) is 0 Å². The van der Waals surface area contributed by atoms with Crippen LogP contribution < -0.4 is 16.6 Å². The van der Waals surface area contributed by atoms with Crippen molar-refractivity contribution in [1.82, 2.24) is 14.1 Å². The van der Waals surface area contributed by atoms with Gasteiger partial charge >= 0.3 is 11.4 Å². The smallest absolute Gasteiger partial charge is 0.329 e. The molecule has 0 saturated heterocycles. The number of nitro benzene ring substituents is 1. The molecule has 0 bridgehead atoms. The highest BCUT2D eigenvalue weighted by molar-refractivity contribution is 6.11. The first-order valence-corrected chi connectivity index (χ1v) is 9.37. The Morgan fingerprint density at radius 1 is 1.19 bits per heavy atom. The summed E-state index contributed by atoms with van der Waals surface area (Å²) in [5, 5.41) is 13.3. The summed E-state index contributed by atoms with van der Waals surface area (Å²) in [7, 11) is 1.55. The number of fused-ring (bicyclic) bond motifs is 1. The summed E-state index contributed by atoms with van der Waals surface area (Å²) < 4.78 is 16.0. The minimum absolute atomic E-state index is 0.0140. The topological polar surface area (TPSA) is 132 Å². The lowest BCUT2D eigenvalue weighted by molar-refractivity contribution is -0.387. The third kappa shape index (κ3) is 3.67. The van der Waals surface area contributed by atoms with Crippen molar-refractivity contribution in [2.45, 2.75) is 6.54 Å². The molecule has 0 atom stereocenters. The number of amides is 1. The largest absolute Gasteiger partial charge is 0.344 e. The fourth-order valence-electron chi connectivity index (χ4n) is 3.42. The average Bonchev–Trinajstić information content (AvgIpc) is 3.09. The highest BCUT2D eigenvalue weighted by Crippen LogP contribution is 2.23. The molecule has 4 rings (SSSR count). The Kier molecular flexibility index (Phi) is 5.15. The third-order valence-electron chi connectivity index (χ3n) is 4.94. The molecule has 162 valence electrons. The molecular formula is C21H16FN5O5. The predicted octanol–water partition coefficient (Wildman–Crippen LogP) is 2.38. The molecular weight excluding hydrogens is 421 g/mol. The van der Waals surface area contributed by atoms with Gasteiger partial charge in [0.15, 0.2) is 0 Å². The van der Waals surface area contributed by atoms with E-state index < -0.39 is 33.6 Å². The second-order valence-corrected chi connectivity index (χ2v) is 7.06. The van der Waals surface area contributed by atoms with Crippen LogP contribution in [0.25, 0.3) is 11.0 Å². The number of H-pyrrole nitrogens is 1. The monoisotopic (exact) mass is 437 g/mol. The van der Waals surface area contributed by atoms with E-state index in [4.69, 9.17) is 0 Å². The summed E-state index contributed by atoms with van der Waals surface area (Å²) >= 11 is 0. The van der Waals surface area contributed by atoms with Crippen LogP contribution >= 0.6 is 0 Å². The zero-order valence-corrected chi connectivity index (χ0v) is 16.7. The summed E-state index contributed by atoms with van der Waals surface area (Å²) in [4.78, 5) is 51.0. The summed E-state index contributed by atoms with van der Waals surface area (Å²) in [5.41, 5.74) is -1.20. The second-order valence-electron chi connectivity index (χ2n) is 7.06. The van der Waals surface area contributed by atoms with E-state index >= 15 is 0 Å². The summed E-state index contributed by atoms with van der Waals surface area (Å²) in [6, 6.07) is 11.9. The molecule has 0 unspecified atom stereocenters. The highest BCUT2D eigenvalue weighted by atomic mass is 19.1. The van der Waals surface area contributed by atoms with Gasteiger partial charge in [-0.2, -0.15) is 4.39 Å². The minimum Gasteiger partial charge on any atom is -0.344 e. The number of hydrogen-bond acceptors (Lipinski definition) is 5. The lowest BCUT2D eigenvalue weighted by Crippen LogP contribution is -2.36. The summed E-state index contributed by atoms with van der Waals surface area (Å²) in [5.74, 6) is -1.77. The number of nitro groups is 1. The first kappa shape index (κ1) is 20.7. The van der Waals surface area contributed by atoms with Crippen LogP contribution in [0.15, 0.2) is 64.3 Å². The highest BCUT2D eigenvalue weighted by Gasteiger charge is 2.21. The second kappa shape index (κ2) is 7.95. The van der Waals surface area contributed by atoms with E-state index in [9.17, 15) is 28.9 Å². The lowest BCUT2D eigenvalue weighted by atomic mass is 10.2. The zero-order chi connectivity index (χ0) is 23.0. The molecule has 0 fully saturated rings. The molecule has 0 saturated carbocycles. The number of anilines is 1. The van der Waals surface area contributed by atoms with E-state index in [0.29, 0.717) is 0 Å². The van der Waals surface area contributed by atoms with Crippen LogP contribution in [0.4, 0.5) is 15.8 Å². The van der Waals surface area contributed by atoms with Gasteiger partial charge in [-0.1, -0.05) is 30.3 Å². The maximum atomic E-state index is 13.5. The predicted molar refractivity (Wildman–Crippen MR) is 114 cm³/mol. The fourth-order valence-corrected chi connectivity index (χ4v) is 3.42. The maximum absolute atomic E-state index is 13.5. The molecule has 0 spiro atoms. The molecule has 0 aliphatic rings. The minimum atomic E-state index is -1.04. The standard InChI is InChI=1S/C21H16FN5O5/c1-25-11-14(19(28)23-13-7-8-15(22)16(9-13)27(31)32)17-18(25)20(29)26(21(30)24-17)10-12-5-3-2-4-6-12/h2-9,11H,10H2,1H3,(H,23,28)(H,24,30). The molecule has 0 aliphatic carbocycles. The number of aromatic nitrogens is 3. The number of hydrogen-bond donors (Lipinski definition) is 2. The van der Waals surface area contributed by atoms with Crippen molar-refractivity contribution in [3.63, 3.8) is 0 Å². The van der Waals surface area contributed by atoms with E-state index in [0.717, 1.165) is 22.3 Å². The molecule has 1 amide bonds. The van der Waals surface area contributed by atoms with Gasteiger partial charge < -0.3 is 14.9 Å². The average molecular weight is 437 g/mol. The molecule has 11 heteroatoms. The Bertz CT molecular complexity index is 1490. The normalized spacial score (nSPS) is 10.9. The van der Waals surface area contributed by atoms with Crippen molar-refractivity contribution < 1.29 is 14.1 Å². The van der Waals surface area contributed by atoms with Crippen LogP contribution in [0.2, 0.25) is 0 Å². The number of carbonyl (C=O) groups excluding carboxylic acids is 1. The first-order chi connectivity index (χ1) is 15.3. The molecule has 2 N–H and O–H groups in total. The van der Waals surface area contributed by atoms with E-state index in [2.05, 4.69) is 10.3 Å². The van der Waals surface area contributed by atoms with Crippen LogP contribution in [-0.2, 0) is 13.6 Å². The summed E-state index contributed by atoms with van der Waals surface area (Å²) in [6.07, 6.45) is 1.36. The van der Waals surface area contributed by atoms with Gasteiger partial charge in [0, 0.05) is 25.0 Å². The van der Waals surface area contributed by atoms with Crippen LogP contribution in [-0.4, -0.2) is 24.9 Å². The Hall–Kier alpha value is -4.54. The number of aryl methyl sites for hydroxylation is 1. The number of aromatic amines is 1. The molecule has 0 aliphatic heterocycles. The van der Waals surface area contributed by atoms with E-state index in [-0.39, 0.29) is 28.8 Å². The van der Waals surface area contributed by atoms with Crippen molar-refractivity contribution in [3.05, 3.63) is 103 Å². The van der Waals surface area contributed by atoms with E-state index in [1.807, 2.05) is 6.07 Å². The lowest BCUT2D eigenvalue weighted by Gasteiger charge is -2.07. The van der Waals surface area contributed by atoms with Gasteiger partial charge in [0.05, 0.1) is 22.5 Å². The van der Waals surface area contributed by atoms with Crippen molar-refractivity contribution >= 4 is 28.3 Å². The SMILES string of the molecule is Cn1cc(C(=O)Nc2ccc(F)c([N+](=O)[O-])c2)c2[nH]c(=O)n(Cc3ccccc3)c(=O)c21. The number of benzene rings is 2. The fraction of sp³-hybridized carbons (Fsp3) is 0.0952. The maximum Gasteiger partial charge on any atom is 0.329 e. The van der Waals surface area contributed by atoms with Crippen LogP contribution in [0, 0.1) is 15.9 Å². The number of nitrogens with one attached hydrogen (secondary N) is 2. The Labute approximate surface area is 178 Å². The molecule has 2 heterocycles. The van der Waals surface area contributed by atoms with Gasteiger partial charge in [0.2, 0.25) is 5.82 Å². The molecule has 4 aromatic rings. The van der Waals surface area contributed by atoms with Crippen molar-refractivity contribution in [3.8, 4) is 0 Å².